The van der Waals surface area contributed by atoms with E-state index in [0.29, 0.717) is 49.6 Å². The standard InChI is InChI=1S/C24H21FN6O2/c25-20-7-6-16(15-21-17-4-1-2-5-18(17)22(32)29-28-21)14-19(20)23(33)30-10-12-31(13-11-30)24-26-8-3-9-27-24/h1-9,14H,10-13,15H2,(H,29,32). The Morgan fingerprint density at radius 2 is 1.70 bits per heavy atom. The lowest BCUT2D eigenvalue weighted by atomic mass is 10.0. The molecule has 9 heteroatoms. The minimum atomic E-state index is -0.558. The second kappa shape index (κ2) is 8.78. The van der Waals surface area contributed by atoms with Gasteiger partial charge in [0.15, 0.2) is 0 Å². The summed E-state index contributed by atoms with van der Waals surface area (Å²) in [6.45, 7) is 2.05. The Morgan fingerprint density at radius 3 is 2.45 bits per heavy atom. The summed E-state index contributed by atoms with van der Waals surface area (Å²) in [5.41, 5.74) is 1.17. The molecule has 0 radical (unpaired) electrons. The van der Waals surface area contributed by atoms with E-state index in [1.807, 2.05) is 17.0 Å². The van der Waals surface area contributed by atoms with Crippen LogP contribution in [-0.2, 0) is 6.42 Å². The zero-order chi connectivity index (χ0) is 22.8. The minimum absolute atomic E-state index is 0.0330. The number of nitrogens with zero attached hydrogens (tertiary/aromatic N) is 5. The van der Waals surface area contributed by atoms with Gasteiger partial charge in [-0.2, -0.15) is 5.10 Å². The van der Waals surface area contributed by atoms with Gasteiger partial charge < -0.3 is 9.80 Å². The molecule has 1 fully saturated rings. The third-order valence-electron chi connectivity index (χ3n) is 5.81. The van der Waals surface area contributed by atoms with E-state index in [1.54, 1.807) is 47.6 Å². The van der Waals surface area contributed by atoms with Crippen molar-refractivity contribution in [2.24, 2.45) is 0 Å². The van der Waals surface area contributed by atoms with Crippen molar-refractivity contribution in [1.29, 1.82) is 0 Å². The Balaban J connectivity index is 1.35. The van der Waals surface area contributed by atoms with Gasteiger partial charge in [-0.25, -0.2) is 19.5 Å². The molecule has 0 aliphatic carbocycles. The van der Waals surface area contributed by atoms with E-state index in [0.717, 1.165) is 10.9 Å². The first-order chi connectivity index (χ1) is 16.1. The molecule has 33 heavy (non-hydrogen) atoms. The van der Waals surface area contributed by atoms with Crippen molar-refractivity contribution in [2.75, 3.05) is 31.1 Å². The molecule has 0 atom stereocenters. The number of hydrogen-bond acceptors (Lipinski definition) is 6. The van der Waals surface area contributed by atoms with Gasteiger partial charge in [-0.15, -0.1) is 0 Å². The second-order valence-corrected chi connectivity index (χ2v) is 7.86. The number of aromatic nitrogens is 4. The number of carbonyl (C=O) groups excluding carboxylic acids is 1. The summed E-state index contributed by atoms with van der Waals surface area (Å²) in [4.78, 5) is 37.3. The molecule has 1 N–H and O–H groups in total. The van der Waals surface area contributed by atoms with Crippen LogP contribution in [0.15, 0.2) is 65.7 Å². The van der Waals surface area contributed by atoms with Crippen LogP contribution in [0.25, 0.3) is 10.8 Å². The van der Waals surface area contributed by atoms with E-state index >= 15 is 0 Å². The summed E-state index contributed by atoms with van der Waals surface area (Å²) in [6, 6.07) is 13.5. The van der Waals surface area contributed by atoms with Gasteiger partial charge in [-0.1, -0.05) is 24.3 Å². The van der Waals surface area contributed by atoms with Gasteiger partial charge >= 0.3 is 0 Å². The van der Waals surface area contributed by atoms with Crippen molar-refractivity contribution in [3.8, 4) is 0 Å². The molecule has 1 aliphatic rings. The number of H-pyrrole nitrogens is 1. The highest BCUT2D eigenvalue weighted by Crippen LogP contribution is 2.20. The molecule has 5 rings (SSSR count). The van der Waals surface area contributed by atoms with Gasteiger partial charge in [0.25, 0.3) is 11.5 Å². The number of fused-ring (bicyclic) bond motifs is 1. The van der Waals surface area contributed by atoms with Gasteiger partial charge in [-0.05, 0) is 29.8 Å². The monoisotopic (exact) mass is 444 g/mol. The van der Waals surface area contributed by atoms with Gasteiger partial charge in [0, 0.05) is 50.4 Å². The lowest BCUT2D eigenvalue weighted by Gasteiger charge is -2.34. The quantitative estimate of drug-likeness (QED) is 0.520. The predicted molar refractivity (Wildman–Crippen MR) is 122 cm³/mol. The molecule has 0 bridgehead atoms. The predicted octanol–water partition coefficient (Wildman–Crippen LogP) is 2.41. The summed E-state index contributed by atoms with van der Waals surface area (Å²) in [5, 5.41) is 7.97. The number of halogens is 1. The van der Waals surface area contributed by atoms with E-state index in [2.05, 4.69) is 20.2 Å². The van der Waals surface area contributed by atoms with Crippen molar-refractivity contribution in [1.82, 2.24) is 25.1 Å². The minimum Gasteiger partial charge on any atom is -0.337 e. The average Bonchev–Trinajstić information content (AvgIpc) is 2.87. The van der Waals surface area contributed by atoms with Crippen molar-refractivity contribution >= 4 is 22.6 Å². The summed E-state index contributed by atoms with van der Waals surface area (Å²) < 4.78 is 14.6. The number of hydrogen-bond donors (Lipinski definition) is 1. The normalized spacial score (nSPS) is 14.0. The van der Waals surface area contributed by atoms with Crippen LogP contribution < -0.4 is 10.5 Å². The molecular weight excluding hydrogens is 423 g/mol. The Bertz CT molecular complexity index is 1370. The van der Waals surface area contributed by atoms with Crippen molar-refractivity contribution in [3.05, 3.63) is 93.9 Å². The number of aromatic amines is 1. The maximum Gasteiger partial charge on any atom is 0.272 e. The SMILES string of the molecule is O=C(c1cc(Cc2n[nH]c(=O)c3ccccc23)ccc1F)N1CCN(c2ncccn2)CC1. The zero-order valence-corrected chi connectivity index (χ0v) is 17.7. The summed E-state index contributed by atoms with van der Waals surface area (Å²) >= 11 is 0. The number of rotatable bonds is 4. The Kier molecular flexibility index (Phi) is 5.52. The molecule has 1 saturated heterocycles. The molecule has 1 amide bonds. The van der Waals surface area contributed by atoms with E-state index in [4.69, 9.17) is 0 Å². The fourth-order valence-electron chi connectivity index (χ4n) is 4.08. The fourth-order valence-corrected chi connectivity index (χ4v) is 4.08. The number of nitrogens with one attached hydrogen (secondary N) is 1. The van der Waals surface area contributed by atoms with Crippen LogP contribution in [0.4, 0.5) is 10.3 Å². The Labute approximate surface area is 188 Å². The summed E-state index contributed by atoms with van der Waals surface area (Å²) in [5.74, 6) is -0.280. The lowest BCUT2D eigenvalue weighted by Crippen LogP contribution is -2.49. The Hall–Kier alpha value is -4.14. The molecule has 4 aromatic rings. The third kappa shape index (κ3) is 4.17. The highest BCUT2D eigenvalue weighted by molar-refractivity contribution is 5.95. The molecule has 3 heterocycles. The van der Waals surface area contributed by atoms with Gasteiger partial charge in [0.05, 0.1) is 16.6 Å². The van der Waals surface area contributed by atoms with Crippen LogP contribution >= 0.6 is 0 Å². The van der Waals surface area contributed by atoms with Crippen LogP contribution in [0.1, 0.15) is 21.6 Å². The van der Waals surface area contributed by atoms with E-state index in [1.165, 1.54) is 6.07 Å². The van der Waals surface area contributed by atoms with Gasteiger partial charge in [-0.3, -0.25) is 9.59 Å². The number of carbonyl (C=O) groups is 1. The molecule has 2 aromatic heterocycles. The van der Waals surface area contributed by atoms with Crippen molar-refractivity contribution < 1.29 is 9.18 Å². The van der Waals surface area contributed by atoms with Crippen LogP contribution in [0.3, 0.4) is 0 Å². The molecule has 2 aromatic carbocycles. The van der Waals surface area contributed by atoms with Gasteiger partial charge in [0.1, 0.15) is 5.82 Å². The second-order valence-electron chi connectivity index (χ2n) is 7.86. The van der Waals surface area contributed by atoms with Gasteiger partial charge in [0.2, 0.25) is 5.95 Å². The van der Waals surface area contributed by atoms with Crippen LogP contribution in [0.5, 0.6) is 0 Å². The smallest absolute Gasteiger partial charge is 0.272 e. The highest BCUT2D eigenvalue weighted by Gasteiger charge is 2.25. The molecule has 8 nitrogen and oxygen atoms in total. The zero-order valence-electron chi connectivity index (χ0n) is 17.7. The molecule has 0 unspecified atom stereocenters. The van der Waals surface area contributed by atoms with Crippen molar-refractivity contribution in [2.45, 2.75) is 6.42 Å². The largest absolute Gasteiger partial charge is 0.337 e. The molecule has 1 aliphatic heterocycles. The Morgan fingerprint density at radius 1 is 0.970 bits per heavy atom. The molecule has 166 valence electrons. The lowest BCUT2D eigenvalue weighted by molar-refractivity contribution is 0.0741. The molecular formula is C24H21FN6O2. The van der Waals surface area contributed by atoms with E-state index < -0.39 is 5.82 Å². The third-order valence-corrected chi connectivity index (χ3v) is 5.81. The first kappa shape index (κ1) is 20.7. The van der Waals surface area contributed by atoms with E-state index in [9.17, 15) is 14.0 Å². The average molecular weight is 444 g/mol. The topological polar surface area (TPSA) is 95.1 Å². The summed E-state index contributed by atoms with van der Waals surface area (Å²) in [7, 11) is 0. The van der Waals surface area contributed by atoms with E-state index in [-0.39, 0.29) is 17.0 Å². The number of amides is 1. The summed E-state index contributed by atoms with van der Waals surface area (Å²) in [6.07, 6.45) is 3.72. The maximum atomic E-state index is 14.6. The number of anilines is 1. The molecule has 0 saturated carbocycles. The number of piperazine rings is 1. The first-order valence-corrected chi connectivity index (χ1v) is 10.7. The highest BCUT2D eigenvalue weighted by atomic mass is 19.1. The van der Waals surface area contributed by atoms with Crippen LogP contribution in [-0.4, -0.2) is 57.2 Å². The number of benzene rings is 2. The van der Waals surface area contributed by atoms with Crippen LogP contribution in [0.2, 0.25) is 0 Å². The molecule has 0 spiro atoms. The van der Waals surface area contributed by atoms with Crippen molar-refractivity contribution in [3.63, 3.8) is 0 Å². The van der Waals surface area contributed by atoms with Crippen LogP contribution in [0, 0.1) is 5.82 Å². The first-order valence-electron chi connectivity index (χ1n) is 10.7. The maximum absolute atomic E-state index is 14.6. The fraction of sp³-hybridized carbons (Fsp3) is 0.208.